The van der Waals surface area contributed by atoms with Gasteiger partial charge in [-0.2, -0.15) is 0 Å². The van der Waals surface area contributed by atoms with Gasteiger partial charge in [0.2, 0.25) is 0 Å². The van der Waals surface area contributed by atoms with Gasteiger partial charge in [0.25, 0.3) is 0 Å². The van der Waals surface area contributed by atoms with Crippen LogP contribution in [0.2, 0.25) is 0 Å². The van der Waals surface area contributed by atoms with Crippen molar-refractivity contribution in [2.24, 2.45) is 11.8 Å². The second-order valence-corrected chi connectivity index (χ2v) is 3.32. The topological polar surface area (TPSA) is 0 Å². The van der Waals surface area contributed by atoms with Gasteiger partial charge >= 0.3 is 0 Å². The summed E-state index contributed by atoms with van der Waals surface area (Å²) in [5.41, 5.74) is 0. The van der Waals surface area contributed by atoms with Crippen LogP contribution in [0, 0.1) is 11.8 Å². The Bertz CT molecular complexity index is 90.2. The summed E-state index contributed by atoms with van der Waals surface area (Å²) in [5, 5.41) is 0. The van der Waals surface area contributed by atoms with Crippen LogP contribution in [-0.4, -0.2) is 0 Å². The van der Waals surface area contributed by atoms with Crippen molar-refractivity contribution in [3.05, 3.63) is 12.7 Å². The van der Waals surface area contributed by atoms with Crippen LogP contribution < -0.4 is 0 Å². The van der Waals surface area contributed by atoms with E-state index in [2.05, 4.69) is 33.4 Å². The van der Waals surface area contributed by atoms with Crippen LogP contribution in [0.15, 0.2) is 12.7 Å². The van der Waals surface area contributed by atoms with Gasteiger partial charge in [0.1, 0.15) is 0 Å². The van der Waals surface area contributed by atoms with E-state index >= 15 is 0 Å². The lowest BCUT2D eigenvalue weighted by Crippen LogP contribution is -2.04. The van der Waals surface area contributed by atoms with Gasteiger partial charge in [-0.1, -0.05) is 39.7 Å². The Kier molecular flexibility index (Phi) is 6.30. The molecule has 0 rings (SSSR count). The molecule has 11 heavy (non-hydrogen) atoms. The number of hydrogen-bond acceptors (Lipinski definition) is 0. The summed E-state index contributed by atoms with van der Waals surface area (Å²) in [6, 6.07) is 0. The molecule has 0 aliphatic carbocycles. The van der Waals surface area contributed by atoms with Gasteiger partial charge in [-0.15, -0.1) is 6.58 Å². The predicted molar refractivity (Wildman–Crippen MR) is 52.7 cm³/mol. The zero-order chi connectivity index (χ0) is 8.69. The summed E-state index contributed by atoms with van der Waals surface area (Å²) >= 11 is 0. The normalized spacial score (nSPS) is 13.5. The van der Waals surface area contributed by atoms with Gasteiger partial charge in [0.05, 0.1) is 0 Å². The molecule has 0 heterocycles. The first kappa shape index (κ1) is 10.7. The lowest BCUT2D eigenvalue weighted by Gasteiger charge is -2.16. The number of allylic oxidation sites excluding steroid dienone is 1. The van der Waals surface area contributed by atoms with Crippen LogP contribution in [0.25, 0.3) is 0 Å². The number of hydrogen-bond donors (Lipinski definition) is 0. The summed E-state index contributed by atoms with van der Waals surface area (Å²) in [6.45, 7) is 10.7. The molecule has 0 heteroatoms. The van der Waals surface area contributed by atoms with E-state index in [1.54, 1.807) is 0 Å². The molecular formula is C11H22. The Labute approximate surface area is 71.7 Å². The monoisotopic (exact) mass is 154 g/mol. The molecule has 66 valence electrons. The van der Waals surface area contributed by atoms with Crippen molar-refractivity contribution in [2.45, 2.75) is 46.5 Å². The first-order valence-electron chi connectivity index (χ1n) is 4.90. The first-order chi connectivity index (χ1) is 5.28. The lowest BCUT2D eigenvalue weighted by atomic mass is 9.89. The molecule has 0 saturated carbocycles. The van der Waals surface area contributed by atoms with Crippen molar-refractivity contribution < 1.29 is 0 Å². The molecule has 0 aromatic rings. The van der Waals surface area contributed by atoms with Crippen LogP contribution in [0.5, 0.6) is 0 Å². The quantitative estimate of drug-likeness (QED) is 0.507. The SMILES string of the molecule is C=CC(CC)CC(CC)CC. The van der Waals surface area contributed by atoms with Gasteiger partial charge in [-0.3, -0.25) is 0 Å². The minimum Gasteiger partial charge on any atom is -0.103 e. The Balaban J connectivity index is 3.67. The van der Waals surface area contributed by atoms with E-state index in [-0.39, 0.29) is 0 Å². The van der Waals surface area contributed by atoms with E-state index in [0.29, 0.717) is 0 Å². The Morgan fingerprint density at radius 1 is 1.09 bits per heavy atom. The summed E-state index contributed by atoms with van der Waals surface area (Å²) in [4.78, 5) is 0. The molecule has 0 aliphatic heterocycles. The van der Waals surface area contributed by atoms with E-state index < -0.39 is 0 Å². The molecule has 0 aliphatic rings. The highest BCUT2D eigenvalue weighted by atomic mass is 14.1. The van der Waals surface area contributed by atoms with Crippen LogP contribution in [-0.2, 0) is 0 Å². The fourth-order valence-corrected chi connectivity index (χ4v) is 1.48. The highest BCUT2D eigenvalue weighted by Gasteiger charge is 2.08. The highest BCUT2D eigenvalue weighted by Crippen LogP contribution is 2.21. The third-order valence-electron chi connectivity index (χ3n) is 2.65. The summed E-state index contributed by atoms with van der Waals surface area (Å²) in [6.07, 6.45) is 7.34. The van der Waals surface area contributed by atoms with Crippen LogP contribution in [0.1, 0.15) is 46.5 Å². The molecule has 0 bridgehead atoms. The summed E-state index contributed by atoms with van der Waals surface area (Å²) in [5.74, 6) is 1.66. The molecule has 1 unspecified atom stereocenters. The molecule has 0 aromatic heterocycles. The third-order valence-corrected chi connectivity index (χ3v) is 2.65. The second kappa shape index (κ2) is 6.45. The van der Waals surface area contributed by atoms with Crippen molar-refractivity contribution in [2.75, 3.05) is 0 Å². The zero-order valence-corrected chi connectivity index (χ0v) is 8.27. The molecule has 0 N–H and O–H groups in total. The maximum atomic E-state index is 3.85. The predicted octanol–water partition coefficient (Wildman–Crippen LogP) is 4.02. The zero-order valence-electron chi connectivity index (χ0n) is 8.27. The molecule has 0 saturated heterocycles. The molecular weight excluding hydrogens is 132 g/mol. The standard InChI is InChI=1S/C11H22/c1-5-10(6-2)9-11(7-3)8-4/h5,10-11H,1,6-9H2,2-4H3. The van der Waals surface area contributed by atoms with E-state index in [1.165, 1.54) is 25.7 Å². The van der Waals surface area contributed by atoms with Crippen molar-refractivity contribution in [1.29, 1.82) is 0 Å². The highest BCUT2D eigenvalue weighted by molar-refractivity contribution is 4.79. The van der Waals surface area contributed by atoms with E-state index in [1.807, 2.05) is 0 Å². The molecule has 1 atom stereocenters. The average molecular weight is 154 g/mol. The minimum absolute atomic E-state index is 0.750. The molecule has 0 spiro atoms. The molecule has 0 amide bonds. The fourth-order valence-electron chi connectivity index (χ4n) is 1.48. The lowest BCUT2D eigenvalue weighted by molar-refractivity contribution is 0.388. The van der Waals surface area contributed by atoms with E-state index in [0.717, 1.165) is 11.8 Å². The molecule has 0 fully saturated rings. The van der Waals surface area contributed by atoms with Crippen molar-refractivity contribution in [3.63, 3.8) is 0 Å². The maximum Gasteiger partial charge on any atom is -0.0236 e. The smallest absolute Gasteiger partial charge is 0.0236 e. The number of rotatable bonds is 6. The molecule has 0 radical (unpaired) electrons. The van der Waals surface area contributed by atoms with Crippen molar-refractivity contribution in [1.82, 2.24) is 0 Å². The van der Waals surface area contributed by atoms with Crippen LogP contribution in [0.3, 0.4) is 0 Å². The fraction of sp³-hybridized carbons (Fsp3) is 0.818. The summed E-state index contributed by atoms with van der Waals surface area (Å²) in [7, 11) is 0. The van der Waals surface area contributed by atoms with Gasteiger partial charge in [0.15, 0.2) is 0 Å². The molecule has 0 aromatic carbocycles. The Hall–Kier alpha value is -0.260. The average Bonchev–Trinajstić information content (AvgIpc) is 2.07. The van der Waals surface area contributed by atoms with Gasteiger partial charge < -0.3 is 0 Å². The van der Waals surface area contributed by atoms with E-state index in [4.69, 9.17) is 0 Å². The van der Waals surface area contributed by atoms with Gasteiger partial charge in [0, 0.05) is 0 Å². The van der Waals surface area contributed by atoms with Crippen LogP contribution >= 0.6 is 0 Å². The van der Waals surface area contributed by atoms with E-state index in [9.17, 15) is 0 Å². The van der Waals surface area contributed by atoms with Crippen LogP contribution in [0.4, 0.5) is 0 Å². The van der Waals surface area contributed by atoms with Gasteiger partial charge in [-0.05, 0) is 24.7 Å². The Morgan fingerprint density at radius 2 is 1.64 bits per heavy atom. The minimum atomic E-state index is 0.750. The van der Waals surface area contributed by atoms with Crippen molar-refractivity contribution >= 4 is 0 Å². The largest absolute Gasteiger partial charge is 0.103 e. The molecule has 0 nitrogen and oxygen atoms in total. The Morgan fingerprint density at radius 3 is 1.91 bits per heavy atom. The summed E-state index contributed by atoms with van der Waals surface area (Å²) < 4.78 is 0. The third kappa shape index (κ3) is 4.23. The van der Waals surface area contributed by atoms with Gasteiger partial charge in [-0.25, -0.2) is 0 Å². The second-order valence-electron chi connectivity index (χ2n) is 3.32. The maximum absolute atomic E-state index is 3.85. The van der Waals surface area contributed by atoms with Crippen molar-refractivity contribution in [3.8, 4) is 0 Å². The first-order valence-corrected chi connectivity index (χ1v) is 4.90.